The van der Waals surface area contributed by atoms with E-state index in [-0.39, 0.29) is 5.11 Å². The monoisotopic (exact) mass is 539 g/mol. The van der Waals surface area contributed by atoms with Crippen molar-refractivity contribution < 1.29 is 9.47 Å². The van der Waals surface area contributed by atoms with Gasteiger partial charge < -0.3 is 24.6 Å². The summed E-state index contributed by atoms with van der Waals surface area (Å²) in [4.78, 5) is 18.2. The largest absolute Gasteiger partial charge is 0.497 e. The van der Waals surface area contributed by atoms with Gasteiger partial charge in [0.2, 0.25) is 17.0 Å². The molecule has 0 spiro atoms. The van der Waals surface area contributed by atoms with Gasteiger partial charge in [0.05, 0.1) is 19.9 Å². The summed E-state index contributed by atoms with van der Waals surface area (Å²) in [6.07, 6.45) is 0. The van der Waals surface area contributed by atoms with Crippen LogP contribution in [0.3, 0.4) is 0 Å². The predicted octanol–water partition coefficient (Wildman–Crippen LogP) is 4.75. The van der Waals surface area contributed by atoms with Crippen LogP contribution in [0.25, 0.3) is 0 Å². The van der Waals surface area contributed by atoms with E-state index in [2.05, 4.69) is 36.5 Å². The maximum Gasteiger partial charge on any atom is 0.229 e. The standard InChI is InChI=1S/C26H30ClN7O2S/c1-17-14-18(2)29-24(28-17)31-25(32-26(37)30-22-9-8-21(35-3)16-23(22)36-4)34-12-10-33(11-13-34)20-7-5-6-19(27)15-20/h5-9,14-16H,10-13H2,1-4H3,(H2,28,29,30,31,32,37). The molecule has 0 radical (unpaired) electrons. The van der Waals surface area contributed by atoms with Crippen molar-refractivity contribution in [3.63, 3.8) is 0 Å². The number of thiocarbonyl (C=S) groups is 1. The highest BCUT2D eigenvalue weighted by molar-refractivity contribution is 7.80. The number of methoxy groups -OCH3 is 2. The highest BCUT2D eigenvalue weighted by atomic mass is 35.5. The van der Waals surface area contributed by atoms with Crippen molar-refractivity contribution in [3.05, 3.63) is 64.9 Å². The lowest BCUT2D eigenvalue weighted by Gasteiger charge is -2.37. The number of benzene rings is 2. The summed E-state index contributed by atoms with van der Waals surface area (Å²) >= 11 is 11.8. The summed E-state index contributed by atoms with van der Waals surface area (Å²) in [5, 5.41) is 7.45. The van der Waals surface area contributed by atoms with Crippen molar-refractivity contribution in [2.24, 2.45) is 4.99 Å². The Labute approximate surface area is 227 Å². The van der Waals surface area contributed by atoms with Gasteiger partial charge in [-0.05, 0) is 62.5 Å². The molecule has 0 amide bonds. The summed E-state index contributed by atoms with van der Waals surface area (Å²) < 4.78 is 10.8. The van der Waals surface area contributed by atoms with Gasteiger partial charge in [0.15, 0.2) is 0 Å². The van der Waals surface area contributed by atoms with Crippen molar-refractivity contribution >= 4 is 52.2 Å². The van der Waals surface area contributed by atoms with E-state index in [9.17, 15) is 0 Å². The van der Waals surface area contributed by atoms with Crippen LogP contribution in [0.15, 0.2) is 53.5 Å². The summed E-state index contributed by atoms with van der Waals surface area (Å²) in [5.74, 6) is 2.32. The molecule has 2 heterocycles. The van der Waals surface area contributed by atoms with Crippen molar-refractivity contribution in [3.8, 4) is 11.5 Å². The van der Waals surface area contributed by atoms with Gasteiger partial charge in [-0.15, -0.1) is 0 Å². The minimum absolute atomic E-state index is 0.271. The number of aryl methyl sites for hydroxylation is 2. The van der Waals surface area contributed by atoms with E-state index in [0.29, 0.717) is 29.1 Å². The zero-order chi connectivity index (χ0) is 26.4. The molecule has 0 bridgehead atoms. The molecule has 2 aromatic carbocycles. The Morgan fingerprint density at radius 1 is 0.946 bits per heavy atom. The fourth-order valence-corrected chi connectivity index (χ4v) is 4.43. The molecule has 3 aromatic rings. The zero-order valence-corrected chi connectivity index (χ0v) is 22.9. The summed E-state index contributed by atoms with van der Waals surface area (Å²) in [6, 6.07) is 15.3. The maximum atomic E-state index is 6.20. The van der Waals surface area contributed by atoms with Gasteiger partial charge in [-0.3, -0.25) is 5.32 Å². The first-order chi connectivity index (χ1) is 17.8. The van der Waals surface area contributed by atoms with Gasteiger partial charge in [0.25, 0.3) is 0 Å². The predicted molar refractivity (Wildman–Crippen MR) is 154 cm³/mol. The molecule has 0 aliphatic carbocycles. The zero-order valence-electron chi connectivity index (χ0n) is 21.3. The number of hydrogen-bond donors (Lipinski definition) is 2. The van der Waals surface area contributed by atoms with Crippen LogP contribution in [0, 0.1) is 13.8 Å². The molecular weight excluding hydrogens is 510 g/mol. The molecule has 1 aliphatic heterocycles. The Kier molecular flexibility index (Phi) is 8.62. The van der Waals surface area contributed by atoms with Crippen molar-refractivity contribution in [2.75, 3.05) is 55.9 Å². The summed E-state index contributed by atoms with van der Waals surface area (Å²) in [7, 11) is 3.20. The van der Waals surface area contributed by atoms with E-state index in [1.165, 1.54) is 0 Å². The average molecular weight is 540 g/mol. The van der Waals surface area contributed by atoms with E-state index in [4.69, 9.17) is 38.3 Å². The molecule has 9 nitrogen and oxygen atoms in total. The van der Waals surface area contributed by atoms with Crippen molar-refractivity contribution in [2.45, 2.75) is 13.8 Å². The highest BCUT2D eigenvalue weighted by Crippen LogP contribution is 2.29. The topological polar surface area (TPSA) is 87.1 Å². The van der Waals surface area contributed by atoms with Crippen LogP contribution in [0.4, 0.5) is 17.3 Å². The Morgan fingerprint density at radius 3 is 2.32 bits per heavy atom. The third-order valence-electron chi connectivity index (χ3n) is 5.82. The number of aliphatic imine (C=N–C) groups is 1. The van der Waals surface area contributed by atoms with Crippen molar-refractivity contribution in [1.29, 1.82) is 0 Å². The third-order valence-corrected chi connectivity index (χ3v) is 6.24. The molecule has 0 atom stereocenters. The van der Waals surface area contributed by atoms with E-state index >= 15 is 0 Å². The summed E-state index contributed by atoms with van der Waals surface area (Å²) in [5.41, 5.74) is 3.51. The lowest BCUT2D eigenvalue weighted by molar-refractivity contribution is 0.385. The summed E-state index contributed by atoms with van der Waals surface area (Å²) in [6.45, 7) is 6.89. The number of guanidine groups is 1. The second-order valence-electron chi connectivity index (χ2n) is 8.49. The minimum Gasteiger partial charge on any atom is -0.497 e. The first-order valence-corrected chi connectivity index (χ1v) is 12.6. The number of aromatic nitrogens is 2. The Bertz CT molecular complexity index is 1280. The smallest absolute Gasteiger partial charge is 0.229 e. The number of halogens is 1. The van der Waals surface area contributed by atoms with E-state index in [1.807, 2.05) is 50.2 Å². The number of anilines is 3. The SMILES string of the molecule is COc1ccc(NC(=S)/N=C(/Nc2nc(C)cc(C)n2)N2CCN(c3cccc(Cl)c3)CC2)c(OC)c1. The molecule has 1 aromatic heterocycles. The van der Waals surface area contributed by atoms with Gasteiger partial charge >= 0.3 is 0 Å². The molecule has 1 fully saturated rings. The van der Waals surface area contributed by atoms with Crippen LogP contribution < -0.4 is 25.0 Å². The number of nitrogens with zero attached hydrogens (tertiary/aromatic N) is 5. The van der Waals surface area contributed by atoms with E-state index < -0.39 is 0 Å². The fourth-order valence-electron chi connectivity index (χ4n) is 4.05. The lowest BCUT2D eigenvalue weighted by atomic mass is 10.2. The molecule has 194 valence electrons. The second-order valence-corrected chi connectivity index (χ2v) is 9.31. The number of piperazine rings is 1. The molecule has 1 saturated heterocycles. The van der Waals surface area contributed by atoms with Gasteiger partial charge in [-0.25, -0.2) is 9.97 Å². The third kappa shape index (κ3) is 6.99. The van der Waals surface area contributed by atoms with E-state index in [1.54, 1.807) is 20.3 Å². The Balaban J connectivity index is 1.55. The quantitative estimate of drug-likeness (QED) is 0.271. The van der Waals surface area contributed by atoms with Crippen molar-refractivity contribution in [1.82, 2.24) is 14.9 Å². The molecule has 11 heteroatoms. The molecule has 4 rings (SSSR count). The Morgan fingerprint density at radius 2 is 1.68 bits per heavy atom. The van der Waals surface area contributed by atoms with Crippen LogP contribution in [0.2, 0.25) is 5.02 Å². The molecule has 1 aliphatic rings. The maximum absolute atomic E-state index is 6.20. The first-order valence-electron chi connectivity index (χ1n) is 11.8. The van der Waals surface area contributed by atoms with Gasteiger partial charge in [0, 0.05) is 54.3 Å². The normalized spacial score (nSPS) is 13.8. The van der Waals surface area contributed by atoms with Crippen LogP contribution >= 0.6 is 23.8 Å². The number of rotatable bonds is 5. The fraction of sp³-hybridized carbons (Fsp3) is 0.308. The number of hydrogen-bond acceptors (Lipinski definition) is 6. The Hall–Kier alpha value is -3.63. The number of ether oxygens (including phenoxy) is 2. The second kappa shape index (κ2) is 12.1. The van der Waals surface area contributed by atoms with E-state index in [0.717, 1.165) is 48.3 Å². The van der Waals surface area contributed by atoms with Crippen LogP contribution in [0.1, 0.15) is 11.4 Å². The molecule has 37 heavy (non-hydrogen) atoms. The first kappa shape index (κ1) is 26.4. The molecule has 2 N–H and O–H groups in total. The molecule has 0 unspecified atom stereocenters. The van der Waals surface area contributed by atoms with Crippen LogP contribution in [0.5, 0.6) is 11.5 Å². The van der Waals surface area contributed by atoms with Gasteiger partial charge in [0.1, 0.15) is 11.5 Å². The van der Waals surface area contributed by atoms with Gasteiger partial charge in [-0.2, -0.15) is 4.99 Å². The van der Waals surface area contributed by atoms with Crippen LogP contribution in [-0.2, 0) is 0 Å². The highest BCUT2D eigenvalue weighted by Gasteiger charge is 2.22. The van der Waals surface area contributed by atoms with Gasteiger partial charge in [-0.1, -0.05) is 17.7 Å². The molecule has 0 saturated carbocycles. The molecular formula is C26H30ClN7O2S. The average Bonchev–Trinajstić information content (AvgIpc) is 2.88. The van der Waals surface area contributed by atoms with Crippen LogP contribution in [-0.4, -0.2) is 66.3 Å². The number of nitrogens with one attached hydrogen (secondary N) is 2. The lowest BCUT2D eigenvalue weighted by Crippen LogP contribution is -2.51. The minimum atomic E-state index is 0.271.